The Morgan fingerprint density at radius 2 is 1.81 bits per heavy atom. The molecule has 0 bridgehead atoms. The minimum atomic E-state index is 0. The van der Waals surface area contributed by atoms with Crippen LogP contribution in [-0.2, 0) is 0 Å². The Hall–Kier alpha value is -0.840. The van der Waals surface area contributed by atoms with E-state index in [1.165, 1.54) is 0 Å². The Bertz CT molecular complexity index is 411. The minimum Gasteiger partial charge on any atom is -0.396 e. The van der Waals surface area contributed by atoms with Crippen LogP contribution in [0.2, 0.25) is 10.0 Å². The van der Waals surface area contributed by atoms with Crippen molar-refractivity contribution in [3.63, 3.8) is 0 Å². The van der Waals surface area contributed by atoms with Gasteiger partial charge in [0.05, 0.1) is 21.4 Å². The molecule has 1 heterocycles. The lowest BCUT2D eigenvalue weighted by atomic mass is 10.3. The average Bonchev–Trinajstić information content (AvgIpc) is 2.72. The largest absolute Gasteiger partial charge is 0.396 e. The van der Waals surface area contributed by atoms with Crippen LogP contribution in [0.15, 0.2) is 17.1 Å². The normalized spacial score (nSPS) is 13.8. The van der Waals surface area contributed by atoms with E-state index in [0.29, 0.717) is 27.4 Å². The molecule has 4 N–H and O–H groups in total. The third-order valence-electron chi connectivity index (χ3n) is 2.05. The second-order valence-electron chi connectivity index (χ2n) is 3.11. The predicted molar refractivity (Wildman–Crippen MR) is 71.2 cm³/mol. The zero-order chi connectivity index (χ0) is 10.8. The van der Waals surface area contributed by atoms with Crippen LogP contribution in [-0.4, -0.2) is 19.0 Å². The van der Waals surface area contributed by atoms with Crippen LogP contribution < -0.4 is 16.4 Å². The van der Waals surface area contributed by atoms with Crippen LogP contribution in [0.3, 0.4) is 0 Å². The van der Waals surface area contributed by atoms with E-state index in [1.54, 1.807) is 12.1 Å². The van der Waals surface area contributed by atoms with Gasteiger partial charge in [-0.15, -0.1) is 12.4 Å². The highest BCUT2D eigenvalue weighted by atomic mass is 35.5. The number of nitrogens with two attached hydrogens (primary N) is 1. The average molecular weight is 282 g/mol. The molecule has 4 nitrogen and oxygen atoms in total. The maximum Gasteiger partial charge on any atom is 0.196 e. The monoisotopic (exact) mass is 280 g/mol. The summed E-state index contributed by atoms with van der Waals surface area (Å²) in [5.74, 6) is 0.707. The molecule has 1 aromatic carbocycles. The summed E-state index contributed by atoms with van der Waals surface area (Å²) in [5, 5.41) is 6.97. The van der Waals surface area contributed by atoms with Gasteiger partial charge >= 0.3 is 0 Å². The van der Waals surface area contributed by atoms with Gasteiger partial charge in [0.1, 0.15) is 0 Å². The molecule has 1 aromatic rings. The number of hydrogen-bond acceptors (Lipinski definition) is 2. The number of benzene rings is 1. The fourth-order valence-electron chi connectivity index (χ4n) is 1.27. The zero-order valence-corrected chi connectivity index (χ0v) is 10.6. The van der Waals surface area contributed by atoms with Crippen LogP contribution >= 0.6 is 35.6 Å². The smallest absolute Gasteiger partial charge is 0.196 e. The van der Waals surface area contributed by atoms with Crippen molar-refractivity contribution in [2.75, 3.05) is 18.8 Å². The molecular formula is C9H11Cl3N4. The van der Waals surface area contributed by atoms with Gasteiger partial charge in [-0.3, -0.25) is 0 Å². The van der Waals surface area contributed by atoms with Crippen molar-refractivity contribution >= 4 is 52.9 Å². The summed E-state index contributed by atoms with van der Waals surface area (Å²) in [4.78, 5) is 4.28. The van der Waals surface area contributed by atoms with Crippen molar-refractivity contribution < 1.29 is 0 Å². The van der Waals surface area contributed by atoms with Gasteiger partial charge in [-0.2, -0.15) is 0 Å². The van der Waals surface area contributed by atoms with E-state index >= 15 is 0 Å². The van der Waals surface area contributed by atoms with Crippen molar-refractivity contribution in [1.29, 1.82) is 0 Å². The Balaban J connectivity index is 0.00000128. The summed E-state index contributed by atoms with van der Waals surface area (Å²) in [6, 6.07) is 3.41. The first-order chi connectivity index (χ1) is 7.18. The number of anilines is 1. The van der Waals surface area contributed by atoms with Crippen LogP contribution in [0, 0.1) is 0 Å². The molecule has 0 radical (unpaired) electrons. The van der Waals surface area contributed by atoms with Gasteiger partial charge in [-0.1, -0.05) is 23.2 Å². The number of halogens is 3. The maximum absolute atomic E-state index is 6.00. The number of aliphatic imine (C=N–C) groups is 1. The highest BCUT2D eigenvalue weighted by Crippen LogP contribution is 2.35. The van der Waals surface area contributed by atoms with Crippen molar-refractivity contribution in [2.45, 2.75) is 0 Å². The lowest BCUT2D eigenvalue weighted by Gasteiger charge is -2.05. The van der Waals surface area contributed by atoms with E-state index in [2.05, 4.69) is 15.6 Å². The summed E-state index contributed by atoms with van der Waals surface area (Å²) in [6.45, 7) is 1.72. The van der Waals surface area contributed by atoms with Crippen molar-refractivity contribution in [2.24, 2.45) is 4.99 Å². The van der Waals surface area contributed by atoms with Crippen LogP contribution in [0.5, 0.6) is 0 Å². The topological polar surface area (TPSA) is 62.4 Å². The van der Waals surface area contributed by atoms with Crippen LogP contribution in [0.25, 0.3) is 0 Å². The number of nitrogens with one attached hydrogen (secondary N) is 2. The summed E-state index contributed by atoms with van der Waals surface area (Å²) in [7, 11) is 0. The van der Waals surface area contributed by atoms with E-state index < -0.39 is 0 Å². The van der Waals surface area contributed by atoms with Gasteiger partial charge in [-0.25, -0.2) is 4.99 Å². The van der Waals surface area contributed by atoms with Crippen molar-refractivity contribution in [3.05, 3.63) is 22.2 Å². The summed E-state index contributed by atoms with van der Waals surface area (Å²) in [5.41, 5.74) is 6.65. The molecule has 0 atom stereocenters. The first-order valence-corrected chi connectivity index (χ1v) is 5.24. The van der Waals surface area contributed by atoms with Crippen molar-refractivity contribution in [3.8, 4) is 0 Å². The van der Waals surface area contributed by atoms with Crippen LogP contribution in [0.1, 0.15) is 0 Å². The summed E-state index contributed by atoms with van der Waals surface area (Å²) in [6.07, 6.45) is 0. The minimum absolute atomic E-state index is 0. The molecule has 0 saturated carbocycles. The molecule has 1 aliphatic rings. The molecule has 1 aliphatic heterocycles. The Labute approximate surface area is 110 Å². The molecule has 0 spiro atoms. The van der Waals surface area contributed by atoms with Gasteiger partial charge in [0, 0.05) is 13.1 Å². The van der Waals surface area contributed by atoms with Crippen LogP contribution in [0.4, 0.5) is 11.4 Å². The first-order valence-electron chi connectivity index (χ1n) is 4.48. The second-order valence-corrected chi connectivity index (χ2v) is 3.89. The molecule has 0 aromatic heterocycles. The third kappa shape index (κ3) is 2.64. The summed E-state index contributed by atoms with van der Waals surface area (Å²) >= 11 is 11.8. The predicted octanol–water partition coefficient (Wildman–Crippen LogP) is 2.18. The molecular weight excluding hydrogens is 270 g/mol. The fraction of sp³-hybridized carbons (Fsp3) is 0.222. The molecule has 1 saturated heterocycles. The standard InChI is InChI=1S/C9H10Cl2N4.ClH/c10-5-1-2-6(7(11)8(5)12)15-9-13-3-4-14-9;/h1-2H,3-4,12H2,(H2,13,14,15);1H. The van der Waals surface area contributed by atoms with Gasteiger partial charge in [0.25, 0.3) is 0 Å². The molecule has 0 amide bonds. The molecule has 88 valence electrons. The fourth-order valence-corrected chi connectivity index (χ4v) is 1.68. The van der Waals surface area contributed by atoms with Gasteiger partial charge in [0.2, 0.25) is 0 Å². The number of guanidine groups is 1. The number of hydrogen-bond donors (Lipinski definition) is 3. The highest BCUT2D eigenvalue weighted by Gasteiger charge is 2.10. The van der Waals surface area contributed by atoms with E-state index in [0.717, 1.165) is 13.1 Å². The molecule has 0 aliphatic carbocycles. The van der Waals surface area contributed by atoms with Crippen molar-refractivity contribution in [1.82, 2.24) is 10.6 Å². The van der Waals surface area contributed by atoms with E-state index in [-0.39, 0.29) is 12.4 Å². The number of rotatable bonds is 1. The van der Waals surface area contributed by atoms with E-state index in [9.17, 15) is 0 Å². The molecule has 1 fully saturated rings. The summed E-state index contributed by atoms with van der Waals surface area (Å²) < 4.78 is 0. The Morgan fingerprint density at radius 1 is 1.19 bits per heavy atom. The third-order valence-corrected chi connectivity index (χ3v) is 2.78. The lowest BCUT2D eigenvalue weighted by molar-refractivity contribution is 0.942. The quantitative estimate of drug-likeness (QED) is 0.691. The Morgan fingerprint density at radius 3 is 2.44 bits per heavy atom. The number of nitrogen functional groups attached to an aromatic ring is 1. The second kappa shape index (κ2) is 5.48. The molecule has 0 unspecified atom stereocenters. The van der Waals surface area contributed by atoms with E-state index in [4.69, 9.17) is 28.9 Å². The van der Waals surface area contributed by atoms with Gasteiger partial charge in [0.15, 0.2) is 5.96 Å². The first kappa shape index (κ1) is 13.2. The van der Waals surface area contributed by atoms with Gasteiger partial charge < -0.3 is 16.4 Å². The molecule has 7 heteroatoms. The molecule has 16 heavy (non-hydrogen) atoms. The van der Waals surface area contributed by atoms with E-state index in [1.807, 2.05) is 0 Å². The molecule has 2 rings (SSSR count). The number of nitrogens with zero attached hydrogens (tertiary/aromatic N) is 1. The zero-order valence-electron chi connectivity index (χ0n) is 8.26. The SMILES string of the molecule is Cl.Nc1c(Cl)ccc(N=C2NCCN2)c1Cl. The highest BCUT2D eigenvalue weighted by molar-refractivity contribution is 6.40. The van der Waals surface area contributed by atoms with Gasteiger partial charge in [-0.05, 0) is 12.1 Å². The lowest BCUT2D eigenvalue weighted by Crippen LogP contribution is -2.23. The maximum atomic E-state index is 6.00. The Kier molecular flexibility index (Phi) is 4.53.